The molecule has 3 heterocycles. The molecule has 0 aliphatic rings. The summed E-state index contributed by atoms with van der Waals surface area (Å²) in [4.78, 5) is 24.7. The predicted molar refractivity (Wildman–Crippen MR) is 80.0 cm³/mol. The lowest BCUT2D eigenvalue weighted by molar-refractivity contribution is 0.102. The van der Waals surface area contributed by atoms with Gasteiger partial charge >= 0.3 is 0 Å². The van der Waals surface area contributed by atoms with Crippen LogP contribution in [0, 0.1) is 20.8 Å². The topological polar surface area (TPSA) is 85.8 Å². The molecule has 7 nitrogen and oxygen atoms in total. The molecule has 1 amide bonds. The maximum absolute atomic E-state index is 12.3. The van der Waals surface area contributed by atoms with E-state index in [0.717, 1.165) is 5.82 Å². The van der Waals surface area contributed by atoms with E-state index in [2.05, 4.69) is 20.3 Å². The highest BCUT2D eigenvalue weighted by atomic mass is 16.3. The maximum atomic E-state index is 12.3. The fourth-order valence-electron chi connectivity index (χ4n) is 2.21. The van der Waals surface area contributed by atoms with E-state index in [1.54, 1.807) is 38.4 Å². The van der Waals surface area contributed by atoms with Gasteiger partial charge in [-0.1, -0.05) is 0 Å². The number of rotatable bonds is 3. The van der Waals surface area contributed by atoms with Crippen molar-refractivity contribution >= 4 is 11.7 Å². The molecule has 3 aromatic heterocycles. The Kier molecular flexibility index (Phi) is 3.46. The van der Waals surface area contributed by atoms with Gasteiger partial charge in [0.25, 0.3) is 5.91 Å². The molecule has 1 N–H and O–H groups in total. The summed E-state index contributed by atoms with van der Waals surface area (Å²) >= 11 is 0. The van der Waals surface area contributed by atoms with Crippen LogP contribution in [-0.4, -0.2) is 25.4 Å². The summed E-state index contributed by atoms with van der Waals surface area (Å²) in [7, 11) is 0. The third-order valence-corrected chi connectivity index (χ3v) is 3.25. The van der Waals surface area contributed by atoms with Crippen LogP contribution in [0.15, 0.2) is 35.3 Å². The van der Waals surface area contributed by atoms with E-state index in [9.17, 15) is 4.79 Å². The lowest BCUT2D eigenvalue weighted by Gasteiger charge is -2.07. The first-order valence-electron chi connectivity index (χ1n) is 6.75. The van der Waals surface area contributed by atoms with Crippen molar-refractivity contribution in [3.05, 3.63) is 53.8 Å². The van der Waals surface area contributed by atoms with E-state index in [4.69, 9.17) is 4.42 Å². The molecular weight excluding hydrogens is 282 g/mol. The molecule has 0 saturated heterocycles. The summed E-state index contributed by atoms with van der Waals surface area (Å²) in [5.41, 5.74) is 0.497. The minimum atomic E-state index is -0.263. The second-order valence-corrected chi connectivity index (χ2v) is 4.89. The first-order valence-corrected chi connectivity index (χ1v) is 6.75. The number of imidazole rings is 1. The van der Waals surface area contributed by atoms with Crippen LogP contribution in [0.4, 0.5) is 5.82 Å². The molecule has 0 bridgehead atoms. The van der Waals surface area contributed by atoms with Crippen molar-refractivity contribution in [2.24, 2.45) is 0 Å². The Morgan fingerprint density at radius 1 is 1.18 bits per heavy atom. The molecule has 22 heavy (non-hydrogen) atoms. The van der Waals surface area contributed by atoms with Crippen LogP contribution >= 0.6 is 0 Å². The molecule has 0 aliphatic heterocycles. The average molecular weight is 297 g/mol. The molecule has 112 valence electrons. The van der Waals surface area contributed by atoms with Gasteiger partial charge in [0, 0.05) is 18.5 Å². The molecule has 0 radical (unpaired) electrons. The second kappa shape index (κ2) is 5.44. The molecule has 0 spiro atoms. The standard InChI is InChI=1S/C15H15N5O2/c1-9-6-12(10(2)22-9)15(21)19-13-7-14(18-8-17-13)20-5-4-16-11(20)3/h4-8H,1-3H3,(H,17,18,19,21). The van der Waals surface area contributed by atoms with Gasteiger partial charge < -0.3 is 9.73 Å². The third-order valence-electron chi connectivity index (χ3n) is 3.25. The van der Waals surface area contributed by atoms with Crippen LogP contribution in [0.25, 0.3) is 5.82 Å². The average Bonchev–Trinajstić information content (AvgIpc) is 3.04. The molecule has 0 unspecified atom stereocenters. The Labute approximate surface area is 127 Å². The molecule has 0 aromatic carbocycles. The molecule has 3 aromatic rings. The highest BCUT2D eigenvalue weighted by Crippen LogP contribution is 2.16. The van der Waals surface area contributed by atoms with Gasteiger partial charge in [-0.25, -0.2) is 15.0 Å². The number of amides is 1. The highest BCUT2D eigenvalue weighted by Gasteiger charge is 2.14. The minimum absolute atomic E-state index is 0.263. The molecule has 0 atom stereocenters. The molecule has 0 saturated carbocycles. The number of hydrogen-bond donors (Lipinski definition) is 1. The van der Waals surface area contributed by atoms with Crippen LogP contribution in [0.2, 0.25) is 0 Å². The summed E-state index contributed by atoms with van der Waals surface area (Å²) in [5.74, 6) is 2.87. The Bertz CT molecular complexity index is 834. The Balaban J connectivity index is 1.86. The number of nitrogens with one attached hydrogen (secondary N) is 1. The summed E-state index contributed by atoms with van der Waals surface area (Å²) in [6.45, 7) is 5.43. The maximum Gasteiger partial charge on any atom is 0.260 e. The molecule has 7 heteroatoms. The highest BCUT2D eigenvalue weighted by molar-refractivity contribution is 6.04. The van der Waals surface area contributed by atoms with Crippen molar-refractivity contribution in [2.45, 2.75) is 20.8 Å². The first-order chi connectivity index (χ1) is 10.5. The van der Waals surface area contributed by atoms with E-state index in [0.29, 0.717) is 28.7 Å². The summed E-state index contributed by atoms with van der Waals surface area (Å²) in [6, 6.07) is 3.39. The summed E-state index contributed by atoms with van der Waals surface area (Å²) in [6.07, 6.45) is 4.89. The van der Waals surface area contributed by atoms with Crippen molar-refractivity contribution < 1.29 is 9.21 Å². The number of furan rings is 1. The SMILES string of the molecule is Cc1cc(C(=O)Nc2cc(-n3ccnc3C)ncn2)c(C)o1. The Hall–Kier alpha value is -2.96. The largest absolute Gasteiger partial charge is 0.466 e. The smallest absolute Gasteiger partial charge is 0.260 e. The van der Waals surface area contributed by atoms with Gasteiger partial charge in [-0.15, -0.1) is 0 Å². The normalized spacial score (nSPS) is 10.7. The zero-order valence-electron chi connectivity index (χ0n) is 12.5. The predicted octanol–water partition coefficient (Wildman–Crippen LogP) is 2.43. The fourth-order valence-corrected chi connectivity index (χ4v) is 2.21. The van der Waals surface area contributed by atoms with Crippen LogP contribution in [-0.2, 0) is 0 Å². The number of carbonyl (C=O) groups is 1. The van der Waals surface area contributed by atoms with Crippen LogP contribution in [0.3, 0.4) is 0 Å². The quantitative estimate of drug-likeness (QED) is 0.802. The van der Waals surface area contributed by atoms with Gasteiger partial charge in [0.15, 0.2) is 0 Å². The molecule has 0 aliphatic carbocycles. The summed E-state index contributed by atoms with van der Waals surface area (Å²) in [5, 5.41) is 2.75. The van der Waals surface area contributed by atoms with Gasteiger partial charge in [0.1, 0.15) is 35.3 Å². The lowest BCUT2D eigenvalue weighted by Crippen LogP contribution is -2.14. The zero-order chi connectivity index (χ0) is 15.7. The lowest BCUT2D eigenvalue weighted by atomic mass is 10.2. The summed E-state index contributed by atoms with van der Waals surface area (Å²) < 4.78 is 7.18. The number of aryl methyl sites for hydroxylation is 3. The fraction of sp³-hybridized carbons (Fsp3) is 0.200. The zero-order valence-corrected chi connectivity index (χ0v) is 12.5. The van der Waals surface area contributed by atoms with Crippen molar-refractivity contribution in [3.8, 4) is 5.82 Å². The third kappa shape index (κ3) is 2.60. The van der Waals surface area contributed by atoms with E-state index in [1.165, 1.54) is 6.33 Å². The van der Waals surface area contributed by atoms with Crippen molar-refractivity contribution in [1.82, 2.24) is 19.5 Å². The Morgan fingerprint density at radius 2 is 2.00 bits per heavy atom. The molecule has 3 rings (SSSR count). The number of aromatic nitrogens is 4. The first kappa shape index (κ1) is 14.0. The van der Waals surface area contributed by atoms with Gasteiger partial charge in [-0.05, 0) is 26.8 Å². The van der Waals surface area contributed by atoms with Gasteiger partial charge in [-0.2, -0.15) is 0 Å². The monoisotopic (exact) mass is 297 g/mol. The van der Waals surface area contributed by atoms with Crippen LogP contribution in [0.1, 0.15) is 27.7 Å². The number of hydrogen-bond acceptors (Lipinski definition) is 5. The van der Waals surface area contributed by atoms with Gasteiger partial charge in [0.2, 0.25) is 0 Å². The Morgan fingerprint density at radius 3 is 2.64 bits per heavy atom. The van der Waals surface area contributed by atoms with Crippen molar-refractivity contribution in [1.29, 1.82) is 0 Å². The van der Waals surface area contributed by atoms with E-state index >= 15 is 0 Å². The minimum Gasteiger partial charge on any atom is -0.466 e. The van der Waals surface area contributed by atoms with E-state index in [1.807, 2.05) is 11.5 Å². The van der Waals surface area contributed by atoms with Gasteiger partial charge in [0.05, 0.1) is 5.56 Å². The van der Waals surface area contributed by atoms with Crippen molar-refractivity contribution in [3.63, 3.8) is 0 Å². The van der Waals surface area contributed by atoms with Crippen LogP contribution < -0.4 is 5.32 Å². The van der Waals surface area contributed by atoms with E-state index < -0.39 is 0 Å². The van der Waals surface area contributed by atoms with E-state index in [-0.39, 0.29) is 5.91 Å². The van der Waals surface area contributed by atoms with Crippen LogP contribution in [0.5, 0.6) is 0 Å². The molecule has 0 fully saturated rings. The van der Waals surface area contributed by atoms with Crippen molar-refractivity contribution in [2.75, 3.05) is 5.32 Å². The van der Waals surface area contributed by atoms with Gasteiger partial charge in [-0.3, -0.25) is 9.36 Å². The second-order valence-electron chi connectivity index (χ2n) is 4.89. The molecular formula is C15H15N5O2. The number of nitrogens with zero attached hydrogens (tertiary/aromatic N) is 4. The number of carbonyl (C=O) groups excluding carboxylic acids is 1. The number of anilines is 1.